The maximum atomic E-state index is 10.5. The molecule has 0 amide bonds. The number of likely N-dealkylation sites (N-methyl/N-ethyl adjacent to an activating group) is 2. The molecule has 0 bridgehead atoms. The van der Waals surface area contributed by atoms with E-state index in [1.54, 1.807) is 21.0 Å². The molecule has 0 aliphatic rings. The van der Waals surface area contributed by atoms with Gasteiger partial charge in [0.05, 0.1) is 6.04 Å². The zero-order valence-corrected chi connectivity index (χ0v) is 11.0. The predicted molar refractivity (Wildman–Crippen MR) is 67.0 cm³/mol. The second-order valence-electron chi connectivity index (χ2n) is 3.15. The van der Waals surface area contributed by atoms with Crippen molar-refractivity contribution in [2.24, 2.45) is 0 Å². The Morgan fingerprint density at radius 2 is 1.69 bits per heavy atom. The van der Waals surface area contributed by atoms with Crippen LogP contribution in [0.1, 0.15) is 13.8 Å². The minimum atomic E-state index is -0.616. The summed E-state index contributed by atoms with van der Waals surface area (Å²) in [6.07, 6.45) is 0.586. The minimum absolute atomic E-state index is 0.0710. The molecule has 5 nitrogen and oxygen atoms in total. The lowest BCUT2D eigenvalue weighted by molar-refractivity contribution is -0.123. The molecule has 0 saturated heterocycles. The summed E-state index contributed by atoms with van der Waals surface area (Å²) in [6.45, 7) is 2.92. The Hall–Kier alpha value is -0.720. The summed E-state index contributed by atoms with van der Waals surface area (Å²) in [6, 6.07) is -0.687. The zero-order valence-electron chi connectivity index (χ0n) is 10.1. The van der Waals surface area contributed by atoms with Crippen molar-refractivity contribution in [3.8, 4) is 0 Å². The Bertz CT molecular complexity index is 230. The van der Waals surface area contributed by atoms with Gasteiger partial charge in [-0.15, -0.1) is 0 Å². The molecule has 0 rings (SSSR count). The van der Waals surface area contributed by atoms with Gasteiger partial charge in [0.2, 0.25) is 0 Å². The average molecular weight is 248 g/mol. The molecule has 94 valence electrons. The number of nitrogens with one attached hydrogen (secondary N) is 2. The second-order valence-corrected chi connectivity index (χ2v) is 3.51. The number of ketones is 2. The molecule has 0 unspecified atom stereocenters. The van der Waals surface area contributed by atoms with Crippen molar-refractivity contribution in [2.45, 2.75) is 25.9 Å². The van der Waals surface area contributed by atoms with E-state index in [9.17, 15) is 14.4 Å². The van der Waals surface area contributed by atoms with Crippen molar-refractivity contribution in [3.05, 3.63) is 0 Å². The highest BCUT2D eigenvalue weighted by molar-refractivity contribution is 7.80. The van der Waals surface area contributed by atoms with E-state index in [2.05, 4.69) is 23.3 Å². The molecule has 0 aromatic heterocycles. The fourth-order valence-electron chi connectivity index (χ4n) is 0.790. The largest absolute Gasteiger partial charge is 0.310 e. The first-order valence-corrected chi connectivity index (χ1v) is 5.49. The number of thiol groups is 1. The molecule has 0 heterocycles. The van der Waals surface area contributed by atoms with E-state index in [1.165, 1.54) is 6.92 Å². The fourth-order valence-corrected chi connectivity index (χ4v) is 1.23. The van der Waals surface area contributed by atoms with Gasteiger partial charge in [-0.05, 0) is 27.9 Å². The van der Waals surface area contributed by atoms with Gasteiger partial charge in [-0.1, -0.05) is 0 Å². The molecule has 0 aromatic rings. The van der Waals surface area contributed by atoms with Gasteiger partial charge in [0.25, 0.3) is 0 Å². The standard InChI is InChI=1S/C5H9NO2.C5H11NOS/c1-4(8)5(3-7)6-2;1-4(7)5(3-8)6-2/h3,5-6H,1-2H3;5-6,8H,3H2,1-2H3/t2*5-/m11/s1. The van der Waals surface area contributed by atoms with Crippen LogP contribution >= 0.6 is 12.6 Å². The molecule has 0 aromatic carbocycles. The summed E-state index contributed by atoms with van der Waals surface area (Å²) < 4.78 is 0. The van der Waals surface area contributed by atoms with E-state index in [4.69, 9.17) is 0 Å². The van der Waals surface area contributed by atoms with Gasteiger partial charge in [0, 0.05) is 5.75 Å². The van der Waals surface area contributed by atoms with Crippen molar-refractivity contribution in [2.75, 3.05) is 19.8 Å². The molecule has 16 heavy (non-hydrogen) atoms. The van der Waals surface area contributed by atoms with Crippen LogP contribution in [0, 0.1) is 0 Å². The molecule has 0 aliphatic carbocycles. The quantitative estimate of drug-likeness (QED) is 0.334. The van der Waals surface area contributed by atoms with Gasteiger partial charge in [-0.25, -0.2) is 0 Å². The van der Waals surface area contributed by atoms with E-state index < -0.39 is 6.04 Å². The van der Waals surface area contributed by atoms with E-state index in [-0.39, 0.29) is 17.6 Å². The highest BCUT2D eigenvalue weighted by Crippen LogP contribution is 1.86. The highest BCUT2D eigenvalue weighted by Gasteiger charge is 2.07. The molecule has 2 N–H and O–H groups in total. The number of hydrogen-bond donors (Lipinski definition) is 3. The molecule has 0 saturated carbocycles. The van der Waals surface area contributed by atoms with Crippen LogP contribution in [-0.2, 0) is 14.4 Å². The lowest BCUT2D eigenvalue weighted by atomic mass is 10.2. The normalized spacial score (nSPS) is 13.1. The lowest BCUT2D eigenvalue weighted by Crippen LogP contribution is -2.33. The summed E-state index contributed by atoms with van der Waals surface area (Å²) in [5, 5.41) is 5.36. The first-order chi connectivity index (χ1) is 7.44. The van der Waals surface area contributed by atoms with Crippen LogP contribution in [0.15, 0.2) is 0 Å². The van der Waals surface area contributed by atoms with Gasteiger partial charge >= 0.3 is 0 Å². The molecule has 0 spiro atoms. The van der Waals surface area contributed by atoms with Crippen molar-refractivity contribution >= 4 is 30.5 Å². The molecule has 0 aliphatic heterocycles. The van der Waals surface area contributed by atoms with E-state index in [1.807, 2.05) is 0 Å². The minimum Gasteiger partial charge on any atom is -0.310 e. The van der Waals surface area contributed by atoms with E-state index in [0.717, 1.165) is 0 Å². The van der Waals surface area contributed by atoms with Gasteiger partial charge < -0.3 is 15.4 Å². The Balaban J connectivity index is 0. The van der Waals surface area contributed by atoms with Crippen molar-refractivity contribution < 1.29 is 14.4 Å². The number of carbonyl (C=O) groups excluding carboxylic acids is 3. The Morgan fingerprint density at radius 3 is 1.69 bits per heavy atom. The predicted octanol–water partition coefficient (Wildman–Crippen LogP) is -0.544. The summed E-state index contributed by atoms with van der Waals surface area (Å²) in [5.74, 6) is 0.566. The van der Waals surface area contributed by atoms with Crippen LogP contribution in [0.2, 0.25) is 0 Å². The van der Waals surface area contributed by atoms with Crippen LogP contribution < -0.4 is 10.6 Å². The third-order valence-electron chi connectivity index (χ3n) is 1.91. The first kappa shape index (κ1) is 17.7. The van der Waals surface area contributed by atoms with Crippen LogP contribution in [-0.4, -0.2) is 49.8 Å². The number of carbonyl (C=O) groups is 3. The summed E-state index contributed by atoms with van der Waals surface area (Å²) in [5.41, 5.74) is 0. The van der Waals surface area contributed by atoms with Gasteiger partial charge in [0.1, 0.15) is 18.1 Å². The summed E-state index contributed by atoms with van der Waals surface area (Å²) in [7, 11) is 3.32. The third kappa shape index (κ3) is 8.58. The summed E-state index contributed by atoms with van der Waals surface area (Å²) in [4.78, 5) is 30.7. The SMILES string of the molecule is CN[C@H](C=O)C(C)=O.CN[C@H](CS)C(C)=O. The van der Waals surface area contributed by atoms with Crippen LogP contribution in [0.4, 0.5) is 0 Å². The smallest absolute Gasteiger partial charge is 0.153 e. The van der Waals surface area contributed by atoms with Gasteiger partial charge in [-0.2, -0.15) is 12.6 Å². The van der Waals surface area contributed by atoms with E-state index >= 15 is 0 Å². The van der Waals surface area contributed by atoms with Crippen LogP contribution in [0.3, 0.4) is 0 Å². The molecular formula is C10H20N2O3S. The van der Waals surface area contributed by atoms with Crippen LogP contribution in [0.5, 0.6) is 0 Å². The van der Waals surface area contributed by atoms with Gasteiger partial charge in [0.15, 0.2) is 5.78 Å². The lowest BCUT2D eigenvalue weighted by Gasteiger charge is -2.06. The maximum absolute atomic E-state index is 10.5. The number of hydrogen-bond acceptors (Lipinski definition) is 6. The summed E-state index contributed by atoms with van der Waals surface area (Å²) >= 11 is 3.95. The number of Topliss-reactive ketones (excluding diaryl/α,β-unsaturated/α-hetero) is 2. The van der Waals surface area contributed by atoms with Crippen molar-refractivity contribution in [1.82, 2.24) is 10.6 Å². The second kappa shape index (κ2) is 10.8. The Morgan fingerprint density at radius 1 is 1.19 bits per heavy atom. The number of aldehydes is 1. The topological polar surface area (TPSA) is 75.3 Å². The van der Waals surface area contributed by atoms with Gasteiger partial charge in [-0.3, -0.25) is 9.59 Å². The average Bonchev–Trinajstić information content (AvgIpc) is 2.21. The molecular weight excluding hydrogens is 228 g/mol. The molecule has 6 heteroatoms. The molecule has 0 radical (unpaired) electrons. The fraction of sp³-hybridized carbons (Fsp3) is 0.700. The number of rotatable bonds is 6. The van der Waals surface area contributed by atoms with Crippen molar-refractivity contribution in [1.29, 1.82) is 0 Å². The Kier molecular flexibility index (Phi) is 11.9. The zero-order chi connectivity index (χ0) is 13.1. The molecule has 0 fully saturated rings. The van der Waals surface area contributed by atoms with Crippen molar-refractivity contribution in [3.63, 3.8) is 0 Å². The maximum Gasteiger partial charge on any atom is 0.153 e. The van der Waals surface area contributed by atoms with E-state index in [0.29, 0.717) is 12.0 Å². The molecule has 2 atom stereocenters. The highest BCUT2D eigenvalue weighted by atomic mass is 32.1. The van der Waals surface area contributed by atoms with Crippen LogP contribution in [0.25, 0.3) is 0 Å². The Labute approximate surface area is 102 Å². The monoisotopic (exact) mass is 248 g/mol. The first-order valence-electron chi connectivity index (χ1n) is 4.86. The third-order valence-corrected chi connectivity index (χ3v) is 2.27.